The molecule has 0 bridgehead atoms. The van der Waals surface area contributed by atoms with Crippen LogP contribution in [0.3, 0.4) is 0 Å². The van der Waals surface area contributed by atoms with Crippen LogP contribution in [0.15, 0.2) is 18.2 Å². The molecular formula is C11H17NO2. The molecule has 1 aromatic carbocycles. The molecule has 1 atom stereocenters. The van der Waals surface area contributed by atoms with Crippen molar-refractivity contribution in [1.82, 2.24) is 0 Å². The largest absolute Gasteiger partial charge is 0.491 e. The van der Waals surface area contributed by atoms with Gasteiger partial charge in [0.25, 0.3) is 0 Å². The van der Waals surface area contributed by atoms with Crippen LogP contribution in [0.5, 0.6) is 5.75 Å². The molecule has 0 aromatic heterocycles. The van der Waals surface area contributed by atoms with Crippen LogP contribution in [0.4, 0.5) is 5.69 Å². The van der Waals surface area contributed by atoms with Gasteiger partial charge in [0.05, 0.1) is 6.10 Å². The first kappa shape index (κ1) is 10.9. The predicted molar refractivity (Wildman–Crippen MR) is 57.6 cm³/mol. The molecule has 0 amide bonds. The van der Waals surface area contributed by atoms with Gasteiger partial charge in [0, 0.05) is 12.8 Å². The second kappa shape index (κ2) is 4.86. The fourth-order valence-electron chi connectivity index (χ4n) is 1.11. The Balaban J connectivity index is 2.59. The highest BCUT2D eigenvalue weighted by Crippen LogP contribution is 2.20. The first-order valence-corrected chi connectivity index (χ1v) is 4.65. The zero-order valence-corrected chi connectivity index (χ0v) is 8.91. The van der Waals surface area contributed by atoms with Crippen LogP contribution in [-0.2, 0) is 4.74 Å². The topological polar surface area (TPSA) is 44.5 Å². The van der Waals surface area contributed by atoms with Crippen molar-refractivity contribution in [2.45, 2.75) is 20.0 Å². The lowest BCUT2D eigenvalue weighted by atomic mass is 10.2. The number of nitrogens with two attached hydrogens (primary N) is 1. The minimum atomic E-state index is 0.104. The molecule has 0 aliphatic heterocycles. The van der Waals surface area contributed by atoms with E-state index in [0.29, 0.717) is 6.61 Å². The second-order valence-corrected chi connectivity index (χ2v) is 3.38. The standard InChI is InChI=1S/C11H17NO2/c1-8-6-10(12)4-5-11(8)14-7-9(2)13-3/h4-6,9H,7,12H2,1-3H3. The lowest BCUT2D eigenvalue weighted by molar-refractivity contribution is 0.0714. The molecule has 0 aliphatic carbocycles. The van der Waals surface area contributed by atoms with Crippen molar-refractivity contribution >= 4 is 5.69 Å². The third kappa shape index (κ3) is 2.92. The van der Waals surface area contributed by atoms with Gasteiger partial charge in [-0.25, -0.2) is 0 Å². The number of hydrogen-bond acceptors (Lipinski definition) is 3. The van der Waals surface area contributed by atoms with Gasteiger partial charge in [-0.3, -0.25) is 0 Å². The van der Waals surface area contributed by atoms with Gasteiger partial charge in [-0.2, -0.15) is 0 Å². The highest BCUT2D eigenvalue weighted by atomic mass is 16.5. The van der Waals surface area contributed by atoms with Gasteiger partial charge in [0.15, 0.2) is 0 Å². The number of rotatable bonds is 4. The van der Waals surface area contributed by atoms with Gasteiger partial charge in [-0.05, 0) is 37.6 Å². The van der Waals surface area contributed by atoms with E-state index in [4.69, 9.17) is 15.2 Å². The van der Waals surface area contributed by atoms with E-state index in [1.165, 1.54) is 0 Å². The van der Waals surface area contributed by atoms with Crippen LogP contribution in [0, 0.1) is 6.92 Å². The number of benzene rings is 1. The summed E-state index contributed by atoms with van der Waals surface area (Å²) in [7, 11) is 1.67. The van der Waals surface area contributed by atoms with E-state index in [9.17, 15) is 0 Å². The van der Waals surface area contributed by atoms with Crippen molar-refractivity contribution in [3.63, 3.8) is 0 Å². The zero-order valence-electron chi connectivity index (χ0n) is 8.91. The molecule has 0 aliphatic rings. The average molecular weight is 195 g/mol. The summed E-state index contributed by atoms with van der Waals surface area (Å²) in [5.74, 6) is 0.864. The Hall–Kier alpha value is -1.22. The van der Waals surface area contributed by atoms with E-state index >= 15 is 0 Å². The minimum absolute atomic E-state index is 0.104. The van der Waals surface area contributed by atoms with E-state index in [1.807, 2.05) is 32.0 Å². The fourth-order valence-corrected chi connectivity index (χ4v) is 1.11. The number of aryl methyl sites for hydroxylation is 1. The summed E-state index contributed by atoms with van der Waals surface area (Å²) in [6.45, 7) is 4.50. The smallest absolute Gasteiger partial charge is 0.122 e. The molecule has 0 saturated heterocycles. The van der Waals surface area contributed by atoms with E-state index in [-0.39, 0.29) is 6.10 Å². The first-order valence-electron chi connectivity index (χ1n) is 4.65. The number of hydrogen-bond donors (Lipinski definition) is 1. The lowest BCUT2D eigenvalue weighted by Crippen LogP contribution is -2.16. The van der Waals surface area contributed by atoms with Gasteiger partial charge in [-0.1, -0.05) is 0 Å². The van der Waals surface area contributed by atoms with Crippen LogP contribution >= 0.6 is 0 Å². The Labute approximate surface area is 84.8 Å². The molecular weight excluding hydrogens is 178 g/mol. The fraction of sp³-hybridized carbons (Fsp3) is 0.455. The number of ether oxygens (including phenoxy) is 2. The lowest BCUT2D eigenvalue weighted by Gasteiger charge is -2.13. The molecule has 3 nitrogen and oxygen atoms in total. The highest BCUT2D eigenvalue weighted by Gasteiger charge is 2.03. The van der Waals surface area contributed by atoms with Crippen LogP contribution in [-0.4, -0.2) is 19.8 Å². The van der Waals surface area contributed by atoms with Gasteiger partial charge >= 0.3 is 0 Å². The minimum Gasteiger partial charge on any atom is -0.491 e. The van der Waals surface area contributed by atoms with Crippen LogP contribution in [0.1, 0.15) is 12.5 Å². The second-order valence-electron chi connectivity index (χ2n) is 3.38. The van der Waals surface area contributed by atoms with E-state index in [0.717, 1.165) is 17.0 Å². The van der Waals surface area contributed by atoms with E-state index < -0.39 is 0 Å². The van der Waals surface area contributed by atoms with Gasteiger partial charge in [0.1, 0.15) is 12.4 Å². The molecule has 0 radical (unpaired) electrons. The highest BCUT2D eigenvalue weighted by molar-refractivity contribution is 5.47. The molecule has 0 spiro atoms. The monoisotopic (exact) mass is 195 g/mol. The maximum Gasteiger partial charge on any atom is 0.122 e. The molecule has 1 aromatic rings. The van der Waals surface area contributed by atoms with Gasteiger partial charge in [-0.15, -0.1) is 0 Å². The Morgan fingerprint density at radius 1 is 1.43 bits per heavy atom. The van der Waals surface area contributed by atoms with Crippen molar-refractivity contribution in [1.29, 1.82) is 0 Å². The van der Waals surface area contributed by atoms with Crippen molar-refractivity contribution in [3.05, 3.63) is 23.8 Å². The van der Waals surface area contributed by atoms with Crippen LogP contribution in [0.2, 0.25) is 0 Å². The average Bonchev–Trinajstić information content (AvgIpc) is 2.16. The van der Waals surface area contributed by atoms with Crippen molar-refractivity contribution in [3.8, 4) is 5.75 Å². The SMILES string of the molecule is COC(C)COc1ccc(N)cc1C. The molecule has 0 fully saturated rings. The van der Waals surface area contributed by atoms with Crippen LogP contribution < -0.4 is 10.5 Å². The maximum absolute atomic E-state index is 5.63. The molecule has 0 heterocycles. The molecule has 3 heteroatoms. The third-order valence-corrected chi connectivity index (χ3v) is 2.07. The predicted octanol–water partition coefficient (Wildman–Crippen LogP) is 1.99. The molecule has 78 valence electrons. The Kier molecular flexibility index (Phi) is 3.77. The normalized spacial score (nSPS) is 12.5. The first-order chi connectivity index (χ1) is 6.63. The molecule has 1 rings (SSSR count). The summed E-state index contributed by atoms with van der Waals surface area (Å²) in [6, 6.07) is 5.61. The summed E-state index contributed by atoms with van der Waals surface area (Å²) >= 11 is 0. The molecule has 2 N–H and O–H groups in total. The summed E-state index contributed by atoms with van der Waals surface area (Å²) < 4.78 is 10.6. The van der Waals surface area contributed by atoms with Gasteiger partial charge in [0.2, 0.25) is 0 Å². The molecule has 14 heavy (non-hydrogen) atoms. The van der Waals surface area contributed by atoms with Gasteiger partial charge < -0.3 is 15.2 Å². The van der Waals surface area contributed by atoms with Crippen molar-refractivity contribution in [2.75, 3.05) is 19.5 Å². The molecule has 1 unspecified atom stereocenters. The number of methoxy groups -OCH3 is 1. The number of nitrogen functional groups attached to an aromatic ring is 1. The Morgan fingerprint density at radius 2 is 2.14 bits per heavy atom. The summed E-state index contributed by atoms with van der Waals surface area (Å²) in [5.41, 5.74) is 7.44. The van der Waals surface area contributed by atoms with Crippen molar-refractivity contribution < 1.29 is 9.47 Å². The Morgan fingerprint density at radius 3 is 2.71 bits per heavy atom. The number of anilines is 1. The summed E-state index contributed by atoms with van der Waals surface area (Å²) in [5, 5.41) is 0. The third-order valence-electron chi connectivity index (χ3n) is 2.07. The Bertz CT molecular complexity index is 299. The quantitative estimate of drug-likeness (QED) is 0.747. The maximum atomic E-state index is 5.63. The summed E-state index contributed by atoms with van der Waals surface area (Å²) in [4.78, 5) is 0. The van der Waals surface area contributed by atoms with E-state index in [1.54, 1.807) is 7.11 Å². The zero-order chi connectivity index (χ0) is 10.6. The summed E-state index contributed by atoms with van der Waals surface area (Å²) in [6.07, 6.45) is 0.104. The molecule has 0 saturated carbocycles. The van der Waals surface area contributed by atoms with E-state index in [2.05, 4.69) is 0 Å². The van der Waals surface area contributed by atoms with Crippen LogP contribution in [0.25, 0.3) is 0 Å². The van der Waals surface area contributed by atoms with Crippen molar-refractivity contribution in [2.24, 2.45) is 0 Å².